The van der Waals surface area contributed by atoms with E-state index in [0.29, 0.717) is 0 Å². The summed E-state index contributed by atoms with van der Waals surface area (Å²) in [5.41, 5.74) is 0. The molecular formula is C18H38NO. The molecule has 0 heterocycles. The molecule has 1 radical (unpaired) electrons. The van der Waals surface area contributed by atoms with E-state index >= 15 is 0 Å². The van der Waals surface area contributed by atoms with Gasteiger partial charge in [-0.25, -0.2) is 0 Å². The van der Waals surface area contributed by atoms with Gasteiger partial charge in [0.2, 0.25) is 0 Å². The SMILES string of the molecule is [CH2]CCCCCOCCCCCCNCCCCCC. The lowest BCUT2D eigenvalue weighted by Gasteiger charge is -2.05. The third-order valence-corrected chi connectivity index (χ3v) is 3.64. The summed E-state index contributed by atoms with van der Waals surface area (Å²) in [5.74, 6) is 0. The van der Waals surface area contributed by atoms with Crippen LogP contribution in [-0.4, -0.2) is 26.3 Å². The van der Waals surface area contributed by atoms with Crippen molar-refractivity contribution in [2.45, 2.75) is 84.0 Å². The first-order valence-corrected chi connectivity index (χ1v) is 8.99. The molecule has 0 aromatic heterocycles. The first-order valence-electron chi connectivity index (χ1n) is 8.99. The lowest BCUT2D eigenvalue weighted by atomic mass is 10.2. The minimum absolute atomic E-state index is 0.944. The third-order valence-electron chi connectivity index (χ3n) is 3.64. The number of ether oxygens (including phenoxy) is 1. The van der Waals surface area contributed by atoms with Crippen LogP contribution < -0.4 is 5.32 Å². The van der Waals surface area contributed by atoms with E-state index in [4.69, 9.17) is 4.74 Å². The fourth-order valence-corrected chi connectivity index (χ4v) is 2.27. The molecule has 0 spiro atoms. The van der Waals surface area contributed by atoms with Crippen molar-refractivity contribution in [3.8, 4) is 0 Å². The van der Waals surface area contributed by atoms with Crippen molar-refractivity contribution in [2.24, 2.45) is 0 Å². The topological polar surface area (TPSA) is 21.3 Å². The Morgan fingerprint density at radius 3 is 1.85 bits per heavy atom. The Bertz CT molecular complexity index is 143. The number of hydrogen-bond acceptors (Lipinski definition) is 2. The van der Waals surface area contributed by atoms with Crippen LogP contribution in [0, 0.1) is 6.92 Å². The molecule has 0 fully saturated rings. The van der Waals surface area contributed by atoms with Gasteiger partial charge in [0.25, 0.3) is 0 Å². The predicted octanol–water partition coefficient (Wildman–Crippen LogP) is 5.13. The van der Waals surface area contributed by atoms with Gasteiger partial charge in [-0.2, -0.15) is 0 Å². The van der Waals surface area contributed by atoms with Crippen LogP contribution in [-0.2, 0) is 4.74 Å². The molecule has 0 saturated heterocycles. The molecule has 2 nitrogen and oxygen atoms in total. The fourth-order valence-electron chi connectivity index (χ4n) is 2.27. The van der Waals surface area contributed by atoms with Gasteiger partial charge in [-0.05, 0) is 38.8 Å². The maximum Gasteiger partial charge on any atom is 0.0466 e. The van der Waals surface area contributed by atoms with Crippen molar-refractivity contribution in [1.82, 2.24) is 5.32 Å². The molecule has 0 unspecified atom stereocenters. The summed E-state index contributed by atoms with van der Waals surface area (Å²) in [6.45, 7) is 10.4. The zero-order chi connectivity index (χ0) is 14.7. The van der Waals surface area contributed by atoms with E-state index in [0.717, 1.165) is 19.6 Å². The van der Waals surface area contributed by atoms with Crippen LogP contribution in [0.5, 0.6) is 0 Å². The highest BCUT2D eigenvalue weighted by Crippen LogP contribution is 2.02. The van der Waals surface area contributed by atoms with Crippen LogP contribution in [0.2, 0.25) is 0 Å². The summed E-state index contributed by atoms with van der Waals surface area (Å²) >= 11 is 0. The molecule has 0 aliphatic carbocycles. The molecule has 0 aliphatic rings. The summed E-state index contributed by atoms with van der Waals surface area (Å²) in [4.78, 5) is 0. The number of unbranched alkanes of at least 4 members (excludes halogenated alkanes) is 9. The van der Waals surface area contributed by atoms with Crippen LogP contribution in [0.4, 0.5) is 0 Å². The van der Waals surface area contributed by atoms with Gasteiger partial charge in [0.15, 0.2) is 0 Å². The van der Waals surface area contributed by atoms with Gasteiger partial charge in [-0.1, -0.05) is 65.2 Å². The normalized spacial score (nSPS) is 11.1. The quantitative estimate of drug-likeness (QED) is 0.374. The van der Waals surface area contributed by atoms with Gasteiger partial charge in [0.1, 0.15) is 0 Å². The Hall–Kier alpha value is -0.0800. The Kier molecular flexibility index (Phi) is 18.8. The molecule has 0 rings (SSSR count). The maximum absolute atomic E-state index is 5.63. The van der Waals surface area contributed by atoms with Gasteiger partial charge in [0, 0.05) is 13.2 Å². The Balaban J connectivity index is 2.89. The van der Waals surface area contributed by atoms with E-state index in [1.54, 1.807) is 0 Å². The summed E-state index contributed by atoms with van der Waals surface area (Å²) in [6.07, 6.45) is 15.4. The molecule has 1 N–H and O–H groups in total. The van der Waals surface area contributed by atoms with E-state index in [-0.39, 0.29) is 0 Å². The first-order chi connectivity index (χ1) is 9.91. The van der Waals surface area contributed by atoms with Crippen LogP contribution >= 0.6 is 0 Å². The van der Waals surface area contributed by atoms with Gasteiger partial charge in [-0.3, -0.25) is 0 Å². The molecule has 0 atom stereocenters. The molecule has 2 heteroatoms. The second kappa shape index (κ2) is 18.9. The number of hydrogen-bond donors (Lipinski definition) is 1. The average Bonchev–Trinajstić information content (AvgIpc) is 2.47. The summed E-state index contributed by atoms with van der Waals surface area (Å²) < 4.78 is 5.63. The van der Waals surface area contributed by atoms with Gasteiger partial charge < -0.3 is 10.1 Å². The highest BCUT2D eigenvalue weighted by atomic mass is 16.5. The Morgan fingerprint density at radius 2 is 1.25 bits per heavy atom. The summed E-state index contributed by atoms with van der Waals surface area (Å²) in [5, 5.41) is 3.54. The Morgan fingerprint density at radius 1 is 0.700 bits per heavy atom. The van der Waals surface area contributed by atoms with Crippen molar-refractivity contribution in [3.05, 3.63) is 6.92 Å². The lowest BCUT2D eigenvalue weighted by Crippen LogP contribution is -2.16. The van der Waals surface area contributed by atoms with E-state index in [1.807, 2.05) is 0 Å². The Labute approximate surface area is 128 Å². The summed E-state index contributed by atoms with van der Waals surface area (Å²) in [7, 11) is 0. The smallest absolute Gasteiger partial charge is 0.0466 e. The van der Waals surface area contributed by atoms with E-state index in [2.05, 4.69) is 19.2 Å². The monoisotopic (exact) mass is 284 g/mol. The molecular weight excluding hydrogens is 246 g/mol. The summed E-state index contributed by atoms with van der Waals surface area (Å²) in [6, 6.07) is 0. The van der Waals surface area contributed by atoms with Crippen molar-refractivity contribution in [3.63, 3.8) is 0 Å². The lowest BCUT2D eigenvalue weighted by molar-refractivity contribution is 0.126. The highest BCUT2D eigenvalue weighted by Gasteiger charge is 1.93. The molecule has 0 aromatic carbocycles. The molecule has 0 amide bonds. The van der Waals surface area contributed by atoms with E-state index in [1.165, 1.54) is 83.7 Å². The van der Waals surface area contributed by atoms with E-state index in [9.17, 15) is 0 Å². The van der Waals surface area contributed by atoms with Crippen LogP contribution in [0.25, 0.3) is 0 Å². The first kappa shape index (κ1) is 19.9. The van der Waals surface area contributed by atoms with Crippen LogP contribution in [0.1, 0.15) is 84.0 Å². The number of nitrogens with one attached hydrogen (secondary N) is 1. The van der Waals surface area contributed by atoms with Crippen LogP contribution in [0.15, 0.2) is 0 Å². The van der Waals surface area contributed by atoms with Crippen molar-refractivity contribution in [1.29, 1.82) is 0 Å². The largest absolute Gasteiger partial charge is 0.381 e. The van der Waals surface area contributed by atoms with Crippen molar-refractivity contribution < 1.29 is 4.74 Å². The van der Waals surface area contributed by atoms with Gasteiger partial charge >= 0.3 is 0 Å². The highest BCUT2D eigenvalue weighted by molar-refractivity contribution is 4.51. The van der Waals surface area contributed by atoms with E-state index < -0.39 is 0 Å². The van der Waals surface area contributed by atoms with Crippen LogP contribution in [0.3, 0.4) is 0 Å². The second-order valence-electron chi connectivity index (χ2n) is 5.75. The van der Waals surface area contributed by atoms with Crippen molar-refractivity contribution in [2.75, 3.05) is 26.3 Å². The molecule has 0 saturated carbocycles. The zero-order valence-electron chi connectivity index (χ0n) is 13.9. The standard InChI is InChI=1S/C18H38NO/c1-3-5-7-11-15-19-16-12-9-10-14-18-20-17-13-8-6-4-2/h19H,2-18H2,1H3. The molecule has 0 aliphatic heterocycles. The fraction of sp³-hybridized carbons (Fsp3) is 0.944. The molecule has 121 valence electrons. The van der Waals surface area contributed by atoms with Crippen molar-refractivity contribution >= 4 is 0 Å². The maximum atomic E-state index is 5.63. The minimum Gasteiger partial charge on any atom is -0.381 e. The second-order valence-corrected chi connectivity index (χ2v) is 5.75. The zero-order valence-corrected chi connectivity index (χ0v) is 13.9. The molecule has 0 aromatic rings. The van der Waals surface area contributed by atoms with Gasteiger partial charge in [-0.15, -0.1) is 0 Å². The third kappa shape index (κ3) is 17.9. The predicted molar refractivity (Wildman–Crippen MR) is 90.1 cm³/mol. The minimum atomic E-state index is 0.944. The molecule has 20 heavy (non-hydrogen) atoms. The number of rotatable bonds is 17. The van der Waals surface area contributed by atoms with Gasteiger partial charge in [0.05, 0.1) is 0 Å². The molecule has 0 bridgehead atoms. The average molecular weight is 285 g/mol.